The molecule has 0 bridgehead atoms. The van der Waals surface area contributed by atoms with Gasteiger partial charge in [-0.2, -0.15) is 0 Å². The number of carbonyl (C=O) groups excluding carboxylic acids is 2. The van der Waals surface area contributed by atoms with Gasteiger partial charge in [-0.15, -0.1) is 0 Å². The van der Waals surface area contributed by atoms with Crippen LogP contribution in [0.1, 0.15) is 28.5 Å². The van der Waals surface area contributed by atoms with E-state index < -0.39 is 5.97 Å². The van der Waals surface area contributed by atoms with Crippen LogP contribution in [0.4, 0.5) is 5.69 Å². The first-order valence-electron chi connectivity index (χ1n) is 9.37. The lowest BCUT2D eigenvalue weighted by atomic mass is 10.1. The van der Waals surface area contributed by atoms with Crippen molar-refractivity contribution in [3.8, 4) is 0 Å². The molecule has 1 aromatic heterocycles. The van der Waals surface area contributed by atoms with Crippen LogP contribution < -0.4 is 10.9 Å². The molecule has 154 valence electrons. The van der Waals surface area contributed by atoms with Gasteiger partial charge in [0.25, 0.3) is 5.56 Å². The highest BCUT2D eigenvalue weighted by molar-refractivity contribution is 7.99. The second-order valence-corrected chi connectivity index (χ2v) is 7.30. The third kappa shape index (κ3) is 6.31. The summed E-state index contributed by atoms with van der Waals surface area (Å²) in [5, 5.41) is 3.14. The molecule has 0 aliphatic rings. The zero-order valence-corrected chi connectivity index (χ0v) is 17.2. The van der Waals surface area contributed by atoms with Gasteiger partial charge in [-0.1, -0.05) is 42.1 Å². The Hall–Kier alpha value is -3.39. The molecule has 0 spiro atoms. The van der Waals surface area contributed by atoms with Gasteiger partial charge in [0.05, 0.1) is 23.6 Å². The maximum absolute atomic E-state index is 12.2. The number of hydrogen-bond donors (Lipinski definition) is 2. The first-order chi connectivity index (χ1) is 14.5. The highest BCUT2D eigenvalue weighted by atomic mass is 32.2. The number of thioether (sulfide) groups is 1. The topological polar surface area (TPSA) is 101 Å². The number of nitrogens with zero attached hydrogens (tertiary/aromatic N) is 1. The smallest absolute Gasteiger partial charge is 0.338 e. The number of hydrogen-bond acceptors (Lipinski definition) is 6. The van der Waals surface area contributed by atoms with E-state index in [2.05, 4.69) is 15.3 Å². The Kier molecular flexibility index (Phi) is 7.40. The molecule has 7 nitrogen and oxygen atoms in total. The second kappa shape index (κ2) is 10.4. The molecule has 30 heavy (non-hydrogen) atoms. The molecule has 0 saturated carbocycles. The third-order valence-electron chi connectivity index (χ3n) is 4.02. The van der Waals surface area contributed by atoms with E-state index in [1.807, 2.05) is 30.3 Å². The van der Waals surface area contributed by atoms with Gasteiger partial charge in [0, 0.05) is 18.2 Å². The average molecular weight is 423 g/mol. The van der Waals surface area contributed by atoms with Crippen molar-refractivity contribution in [2.24, 2.45) is 0 Å². The molecule has 1 heterocycles. The van der Waals surface area contributed by atoms with Crippen molar-refractivity contribution in [2.45, 2.75) is 18.5 Å². The summed E-state index contributed by atoms with van der Waals surface area (Å²) in [6.45, 7) is 2.04. The summed E-state index contributed by atoms with van der Waals surface area (Å²) in [6, 6.07) is 17.6. The van der Waals surface area contributed by atoms with Gasteiger partial charge in [0.1, 0.15) is 0 Å². The van der Waals surface area contributed by atoms with Crippen molar-refractivity contribution in [3.63, 3.8) is 0 Å². The lowest BCUT2D eigenvalue weighted by Gasteiger charge is -2.07. The Bertz CT molecular complexity index is 1070. The minimum Gasteiger partial charge on any atom is -0.462 e. The Labute approximate surface area is 177 Å². The molecule has 2 aromatic carbocycles. The first-order valence-corrected chi connectivity index (χ1v) is 10.4. The quantitative estimate of drug-likeness (QED) is 0.328. The fraction of sp³-hybridized carbons (Fsp3) is 0.182. The Balaban J connectivity index is 1.56. The van der Waals surface area contributed by atoms with Gasteiger partial charge in [0.15, 0.2) is 5.16 Å². The summed E-state index contributed by atoms with van der Waals surface area (Å²) < 4.78 is 4.93. The summed E-state index contributed by atoms with van der Waals surface area (Å²) >= 11 is 1.15. The number of carbonyl (C=O) groups is 2. The number of rotatable bonds is 8. The van der Waals surface area contributed by atoms with E-state index in [0.717, 1.165) is 17.3 Å². The lowest BCUT2D eigenvalue weighted by Crippen LogP contribution is -2.16. The molecule has 0 saturated heterocycles. The van der Waals surface area contributed by atoms with Crippen molar-refractivity contribution in [2.75, 3.05) is 17.7 Å². The summed E-state index contributed by atoms with van der Waals surface area (Å²) in [5.74, 6) is -0.575. The van der Waals surface area contributed by atoms with E-state index in [4.69, 9.17) is 4.74 Å². The van der Waals surface area contributed by atoms with E-state index in [-0.39, 0.29) is 17.2 Å². The van der Waals surface area contributed by atoms with Gasteiger partial charge in [0.2, 0.25) is 5.91 Å². The number of aromatic nitrogens is 2. The molecule has 0 atom stereocenters. The van der Waals surface area contributed by atoms with Crippen molar-refractivity contribution in [1.82, 2.24) is 9.97 Å². The largest absolute Gasteiger partial charge is 0.462 e. The van der Waals surface area contributed by atoms with Crippen LogP contribution in [0.25, 0.3) is 0 Å². The summed E-state index contributed by atoms with van der Waals surface area (Å²) in [5.41, 5.74) is 2.42. The minimum atomic E-state index is -0.406. The molecule has 0 aliphatic heterocycles. The van der Waals surface area contributed by atoms with Crippen LogP contribution in [0.2, 0.25) is 0 Å². The lowest BCUT2D eigenvalue weighted by molar-refractivity contribution is -0.113. The maximum Gasteiger partial charge on any atom is 0.338 e. The van der Waals surface area contributed by atoms with E-state index in [1.54, 1.807) is 31.2 Å². The molecule has 0 radical (unpaired) electrons. The van der Waals surface area contributed by atoms with E-state index in [9.17, 15) is 14.4 Å². The van der Waals surface area contributed by atoms with Gasteiger partial charge in [-0.05, 0) is 36.8 Å². The average Bonchev–Trinajstić information content (AvgIpc) is 2.73. The Morgan fingerprint density at radius 1 is 1.10 bits per heavy atom. The van der Waals surface area contributed by atoms with Crippen molar-refractivity contribution in [3.05, 3.63) is 87.8 Å². The zero-order chi connectivity index (χ0) is 21.3. The number of esters is 1. The Morgan fingerprint density at radius 3 is 2.53 bits per heavy atom. The van der Waals surface area contributed by atoms with E-state index in [1.165, 1.54) is 6.07 Å². The van der Waals surface area contributed by atoms with Gasteiger partial charge < -0.3 is 15.0 Å². The van der Waals surface area contributed by atoms with Crippen LogP contribution in [0.15, 0.2) is 70.6 Å². The van der Waals surface area contributed by atoms with Crippen LogP contribution in [0, 0.1) is 0 Å². The normalized spacial score (nSPS) is 10.4. The maximum atomic E-state index is 12.2. The number of amides is 1. The number of H-pyrrole nitrogens is 1. The van der Waals surface area contributed by atoms with Gasteiger partial charge in [-0.25, -0.2) is 9.78 Å². The molecule has 2 N–H and O–H groups in total. The molecule has 3 rings (SSSR count). The van der Waals surface area contributed by atoms with Crippen molar-refractivity contribution in [1.29, 1.82) is 0 Å². The van der Waals surface area contributed by atoms with Crippen molar-refractivity contribution < 1.29 is 14.3 Å². The summed E-state index contributed by atoms with van der Waals surface area (Å²) in [7, 11) is 0. The van der Waals surface area contributed by atoms with Gasteiger partial charge >= 0.3 is 5.97 Å². The first kappa shape index (κ1) is 21.3. The standard InChI is InChI=1S/C22H21N3O4S/c1-2-29-21(28)16-8-10-17(11-9-16)23-20(27)14-30-22-24-18(13-19(26)25-22)12-15-6-4-3-5-7-15/h3-11,13H,2,12,14H2,1H3,(H,23,27)(H,24,25,26). The van der Waals surface area contributed by atoms with Crippen LogP contribution in [0.3, 0.4) is 0 Å². The number of ether oxygens (including phenoxy) is 1. The fourth-order valence-corrected chi connectivity index (χ4v) is 3.38. The molecule has 1 amide bonds. The molecule has 8 heteroatoms. The molecular weight excluding hydrogens is 402 g/mol. The van der Waals surface area contributed by atoms with Gasteiger partial charge in [-0.3, -0.25) is 9.59 Å². The molecule has 0 aliphatic carbocycles. The second-order valence-electron chi connectivity index (χ2n) is 6.34. The van der Waals surface area contributed by atoms with Crippen molar-refractivity contribution >= 4 is 29.3 Å². The number of nitrogens with one attached hydrogen (secondary N) is 2. The van der Waals surface area contributed by atoms with E-state index >= 15 is 0 Å². The minimum absolute atomic E-state index is 0.0807. The zero-order valence-electron chi connectivity index (χ0n) is 16.4. The third-order valence-corrected chi connectivity index (χ3v) is 4.89. The van der Waals surface area contributed by atoms with Crippen LogP contribution in [-0.4, -0.2) is 34.2 Å². The summed E-state index contributed by atoms with van der Waals surface area (Å²) in [6.07, 6.45) is 0.539. The highest BCUT2D eigenvalue weighted by Gasteiger charge is 2.09. The summed E-state index contributed by atoms with van der Waals surface area (Å²) in [4.78, 5) is 42.9. The van der Waals surface area contributed by atoms with E-state index in [0.29, 0.717) is 35.1 Å². The van der Waals surface area contributed by atoms with Crippen LogP contribution >= 0.6 is 11.8 Å². The number of anilines is 1. The highest BCUT2D eigenvalue weighted by Crippen LogP contribution is 2.15. The molecule has 0 unspecified atom stereocenters. The molecule has 3 aromatic rings. The SMILES string of the molecule is CCOC(=O)c1ccc(NC(=O)CSc2nc(Cc3ccccc3)cc(=O)[nH]2)cc1. The number of aromatic amines is 1. The Morgan fingerprint density at radius 2 is 1.83 bits per heavy atom. The fourth-order valence-electron chi connectivity index (χ4n) is 2.68. The van der Waals surface area contributed by atoms with Crippen LogP contribution in [0.5, 0.6) is 0 Å². The molecular formula is C22H21N3O4S. The number of benzene rings is 2. The molecule has 0 fully saturated rings. The monoisotopic (exact) mass is 423 g/mol. The van der Waals surface area contributed by atoms with Crippen LogP contribution in [-0.2, 0) is 16.0 Å². The predicted octanol–water partition coefficient (Wildman–Crippen LogP) is 3.27. The predicted molar refractivity (Wildman–Crippen MR) is 116 cm³/mol.